The number of nitrogens with zero attached hydrogens (tertiary/aromatic N) is 1. The summed E-state index contributed by atoms with van der Waals surface area (Å²) >= 11 is 1.87. The summed E-state index contributed by atoms with van der Waals surface area (Å²) in [5.74, 6) is 0. The summed E-state index contributed by atoms with van der Waals surface area (Å²) in [7, 11) is 0. The maximum atomic E-state index is 3.69. The number of anilines is 2. The van der Waals surface area contributed by atoms with Gasteiger partial charge in [0.05, 0.1) is 11.0 Å². The Bertz CT molecular complexity index is 2860. The summed E-state index contributed by atoms with van der Waals surface area (Å²) in [6.45, 7) is 0. The van der Waals surface area contributed by atoms with Crippen LogP contribution >= 0.6 is 11.3 Å². The van der Waals surface area contributed by atoms with E-state index in [1.165, 1.54) is 81.0 Å². The fourth-order valence-electron chi connectivity index (χ4n) is 7.51. The van der Waals surface area contributed by atoms with Crippen molar-refractivity contribution >= 4 is 64.7 Å². The normalized spacial score (nSPS) is 11.5. The molecule has 0 aliphatic heterocycles. The summed E-state index contributed by atoms with van der Waals surface area (Å²) in [5.41, 5.74) is 12.9. The smallest absolute Gasteiger partial charge is 0.0555 e. The molecule has 3 heteroatoms. The molecule has 0 aliphatic carbocycles. The van der Waals surface area contributed by atoms with Gasteiger partial charge < -0.3 is 9.88 Å². The molecule has 2 heterocycles. The van der Waals surface area contributed by atoms with Crippen LogP contribution in [0.5, 0.6) is 0 Å². The van der Waals surface area contributed by atoms with E-state index in [-0.39, 0.29) is 0 Å². The maximum Gasteiger partial charge on any atom is 0.0555 e. The van der Waals surface area contributed by atoms with Crippen LogP contribution in [0.15, 0.2) is 188 Å². The standard InChI is InChI=1S/C48H32N2S/c1-3-12-32(13-4-1)33-22-25-37(26-23-33)49-44-20-9-7-18-39(44)36-15-11-14-34(28-36)35-24-27-45-41(29-35)42-30-43-40-19-8-10-21-47(40)51-48(43)31-46(42)50(45)38-16-5-2-6-17-38/h1-31,49H. The van der Waals surface area contributed by atoms with Gasteiger partial charge in [-0.2, -0.15) is 0 Å². The Morgan fingerprint density at radius 1 is 0.373 bits per heavy atom. The van der Waals surface area contributed by atoms with E-state index in [1.54, 1.807) is 0 Å². The highest BCUT2D eigenvalue weighted by Crippen LogP contribution is 2.42. The Labute approximate surface area is 300 Å². The molecule has 1 N–H and O–H groups in total. The minimum atomic E-state index is 1.06. The molecule has 0 saturated heterocycles. The molecule has 2 aromatic heterocycles. The molecule has 51 heavy (non-hydrogen) atoms. The van der Waals surface area contributed by atoms with Gasteiger partial charge in [0.1, 0.15) is 0 Å². The van der Waals surface area contributed by atoms with E-state index in [2.05, 4.69) is 198 Å². The van der Waals surface area contributed by atoms with Crippen LogP contribution in [0.25, 0.3) is 81.0 Å². The first-order valence-corrected chi connectivity index (χ1v) is 18.2. The van der Waals surface area contributed by atoms with Gasteiger partial charge >= 0.3 is 0 Å². The zero-order valence-electron chi connectivity index (χ0n) is 27.8. The highest BCUT2D eigenvalue weighted by molar-refractivity contribution is 7.25. The number of para-hydroxylation sites is 2. The third-order valence-corrected chi connectivity index (χ3v) is 11.1. The zero-order chi connectivity index (χ0) is 33.7. The Kier molecular flexibility index (Phi) is 7.04. The van der Waals surface area contributed by atoms with Gasteiger partial charge in [-0.1, -0.05) is 121 Å². The predicted molar refractivity (Wildman–Crippen MR) is 220 cm³/mol. The average molecular weight is 669 g/mol. The fourth-order valence-corrected chi connectivity index (χ4v) is 8.64. The minimum Gasteiger partial charge on any atom is -0.355 e. The molecule has 10 aromatic rings. The maximum absolute atomic E-state index is 3.69. The molecule has 0 fully saturated rings. The molecule has 0 radical (unpaired) electrons. The van der Waals surface area contributed by atoms with Crippen LogP contribution in [0.4, 0.5) is 11.4 Å². The number of fused-ring (bicyclic) bond motifs is 6. The molecule has 10 rings (SSSR count). The number of hydrogen-bond acceptors (Lipinski definition) is 2. The van der Waals surface area contributed by atoms with Crippen molar-refractivity contribution in [2.24, 2.45) is 0 Å². The summed E-state index contributed by atoms with van der Waals surface area (Å²) in [5, 5.41) is 8.87. The number of benzene rings is 8. The molecule has 2 nitrogen and oxygen atoms in total. The summed E-state index contributed by atoms with van der Waals surface area (Å²) in [4.78, 5) is 0. The highest BCUT2D eigenvalue weighted by Gasteiger charge is 2.17. The first-order valence-electron chi connectivity index (χ1n) is 17.3. The molecule has 0 unspecified atom stereocenters. The lowest BCUT2D eigenvalue weighted by Crippen LogP contribution is -1.94. The molecule has 0 aliphatic rings. The van der Waals surface area contributed by atoms with Crippen molar-refractivity contribution in [2.45, 2.75) is 0 Å². The lowest BCUT2D eigenvalue weighted by atomic mass is 9.97. The van der Waals surface area contributed by atoms with Crippen molar-refractivity contribution in [2.75, 3.05) is 5.32 Å². The van der Waals surface area contributed by atoms with E-state index in [9.17, 15) is 0 Å². The summed E-state index contributed by atoms with van der Waals surface area (Å²) < 4.78 is 5.06. The highest BCUT2D eigenvalue weighted by atomic mass is 32.1. The van der Waals surface area contributed by atoms with Crippen LogP contribution in [-0.4, -0.2) is 4.57 Å². The van der Waals surface area contributed by atoms with Gasteiger partial charge in [0.15, 0.2) is 0 Å². The zero-order valence-corrected chi connectivity index (χ0v) is 28.6. The van der Waals surface area contributed by atoms with Crippen molar-refractivity contribution in [1.29, 1.82) is 0 Å². The van der Waals surface area contributed by atoms with Gasteiger partial charge in [0.2, 0.25) is 0 Å². The third kappa shape index (κ3) is 5.18. The van der Waals surface area contributed by atoms with Crippen LogP contribution in [0.3, 0.4) is 0 Å². The number of aromatic nitrogens is 1. The van der Waals surface area contributed by atoms with Crippen molar-refractivity contribution in [1.82, 2.24) is 4.57 Å². The Hall–Kier alpha value is -6.42. The monoisotopic (exact) mass is 668 g/mol. The molecular weight excluding hydrogens is 637 g/mol. The lowest BCUT2D eigenvalue weighted by molar-refractivity contribution is 1.18. The first kappa shape index (κ1) is 29.5. The van der Waals surface area contributed by atoms with Gasteiger partial charge in [-0.25, -0.2) is 0 Å². The van der Waals surface area contributed by atoms with Crippen molar-refractivity contribution in [3.63, 3.8) is 0 Å². The van der Waals surface area contributed by atoms with Crippen molar-refractivity contribution in [3.8, 4) is 39.1 Å². The Balaban J connectivity index is 1.06. The van der Waals surface area contributed by atoms with Crippen LogP contribution in [0.2, 0.25) is 0 Å². The van der Waals surface area contributed by atoms with E-state index in [1.807, 2.05) is 11.3 Å². The van der Waals surface area contributed by atoms with Gasteiger partial charge in [-0.15, -0.1) is 11.3 Å². The van der Waals surface area contributed by atoms with Gasteiger partial charge in [0, 0.05) is 53.6 Å². The topological polar surface area (TPSA) is 17.0 Å². The summed E-state index contributed by atoms with van der Waals surface area (Å²) in [6.07, 6.45) is 0. The van der Waals surface area contributed by atoms with Crippen molar-refractivity contribution in [3.05, 3.63) is 188 Å². The third-order valence-electron chi connectivity index (χ3n) is 9.98. The largest absolute Gasteiger partial charge is 0.355 e. The quantitative estimate of drug-likeness (QED) is 0.187. The fraction of sp³-hybridized carbons (Fsp3) is 0. The number of thiophene rings is 1. The molecule has 0 atom stereocenters. The van der Waals surface area contributed by atoms with Crippen LogP contribution < -0.4 is 5.32 Å². The van der Waals surface area contributed by atoms with Gasteiger partial charge in [-0.3, -0.25) is 0 Å². The van der Waals surface area contributed by atoms with E-state index in [4.69, 9.17) is 0 Å². The second-order valence-corrected chi connectivity index (χ2v) is 14.1. The van der Waals surface area contributed by atoms with E-state index in [0.717, 1.165) is 11.4 Å². The van der Waals surface area contributed by atoms with Crippen LogP contribution in [-0.2, 0) is 0 Å². The Morgan fingerprint density at radius 2 is 1.02 bits per heavy atom. The second-order valence-electron chi connectivity index (χ2n) is 13.1. The summed E-state index contributed by atoms with van der Waals surface area (Å²) in [6, 6.07) is 67.9. The number of hydrogen-bond donors (Lipinski definition) is 1. The SMILES string of the molecule is c1ccc(-c2ccc(Nc3ccccc3-c3cccc(-c4ccc5c(c4)c4cc6c(cc4n5-c4ccccc4)sc4ccccc46)c3)cc2)cc1. The number of nitrogens with one attached hydrogen (secondary N) is 1. The molecule has 0 amide bonds. The molecule has 0 bridgehead atoms. The average Bonchev–Trinajstić information content (AvgIpc) is 3.72. The van der Waals surface area contributed by atoms with E-state index < -0.39 is 0 Å². The molecule has 8 aromatic carbocycles. The first-order chi connectivity index (χ1) is 25.3. The van der Waals surface area contributed by atoms with Crippen molar-refractivity contribution < 1.29 is 0 Å². The van der Waals surface area contributed by atoms with Gasteiger partial charge in [0.25, 0.3) is 0 Å². The lowest BCUT2D eigenvalue weighted by Gasteiger charge is -2.14. The second kappa shape index (κ2) is 12.2. The predicted octanol–water partition coefficient (Wildman–Crippen LogP) is 13.9. The Morgan fingerprint density at radius 3 is 1.88 bits per heavy atom. The molecule has 240 valence electrons. The van der Waals surface area contributed by atoms with Crippen LogP contribution in [0.1, 0.15) is 0 Å². The number of rotatable bonds is 6. The molecule has 0 saturated carbocycles. The minimum absolute atomic E-state index is 1.06. The van der Waals surface area contributed by atoms with Gasteiger partial charge in [-0.05, 0) is 94.5 Å². The van der Waals surface area contributed by atoms with E-state index in [0.29, 0.717) is 0 Å². The van der Waals surface area contributed by atoms with E-state index >= 15 is 0 Å². The van der Waals surface area contributed by atoms with Crippen LogP contribution in [0, 0.1) is 0 Å². The molecular formula is C48H32N2S. The molecule has 0 spiro atoms.